The smallest absolute Gasteiger partial charge is 0.267 e. The fraction of sp³-hybridized carbons (Fsp3) is 0.667. The van der Waals surface area contributed by atoms with Crippen LogP contribution in [0.25, 0.3) is 0 Å². The van der Waals surface area contributed by atoms with Gasteiger partial charge in [-0.3, -0.25) is 14.5 Å². The van der Waals surface area contributed by atoms with E-state index in [4.69, 9.17) is 22.7 Å². The van der Waals surface area contributed by atoms with Crippen molar-refractivity contribution < 1.29 is 14.3 Å². The number of hydrogen-bond donors (Lipinski definition) is 1. The lowest BCUT2D eigenvalue weighted by atomic mass is 9.97. The minimum atomic E-state index is -0.229. The van der Waals surface area contributed by atoms with Crippen LogP contribution in [0.4, 0.5) is 0 Å². The first-order chi connectivity index (χ1) is 11.0. The number of hydrogen-bond acceptors (Lipinski definition) is 6. The van der Waals surface area contributed by atoms with E-state index in [9.17, 15) is 9.59 Å². The number of carbonyl (C=O) groups excluding carboxylic acids is 2. The Morgan fingerprint density at radius 3 is 2.74 bits per heavy atom. The van der Waals surface area contributed by atoms with Gasteiger partial charge in [-0.15, -0.1) is 0 Å². The molecule has 0 spiro atoms. The summed E-state index contributed by atoms with van der Waals surface area (Å²) in [4.78, 5) is 28.1. The molecule has 126 valence electrons. The van der Waals surface area contributed by atoms with Crippen LogP contribution in [0.1, 0.15) is 25.7 Å². The summed E-state index contributed by atoms with van der Waals surface area (Å²) in [6.45, 7) is 2.79. The van der Waals surface area contributed by atoms with Gasteiger partial charge in [0.1, 0.15) is 4.32 Å². The molecule has 1 unspecified atom stereocenters. The largest absolute Gasteiger partial charge is 0.376 e. The van der Waals surface area contributed by atoms with E-state index in [2.05, 4.69) is 4.90 Å². The molecule has 2 N–H and O–H groups in total. The number of thioether (sulfide) groups is 1. The first-order valence-corrected chi connectivity index (χ1v) is 9.17. The zero-order chi connectivity index (χ0) is 16.4. The zero-order valence-electron chi connectivity index (χ0n) is 12.9. The highest BCUT2D eigenvalue weighted by Crippen LogP contribution is 2.33. The molecule has 3 rings (SSSR count). The van der Waals surface area contributed by atoms with Gasteiger partial charge in [0, 0.05) is 31.8 Å². The van der Waals surface area contributed by atoms with Gasteiger partial charge >= 0.3 is 0 Å². The molecule has 2 amide bonds. The van der Waals surface area contributed by atoms with E-state index in [0.717, 1.165) is 45.4 Å². The summed E-state index contributed by atoms with van der Waals surface area (Å²) >= 11 is 6.69. The van der Waals surface area contributed by atoms with Gasteiger partial charge in [0.2, 0.25) is 5.91 Å². The lowest BCUT2D eigenvalue weighted by Crippen LogP contribution is -2.37. The molecular weight excluding hydrogens is 334 g/mol. The Balaban J connectivity index is 1.59. The summed E-state index contributed by atoms with van der Waals surface area (Å²) in [7, 11) is 0. The molecule has 3 aliphatic heterocycles. The van der Waals surface area contributed by atoms with E-state index >= 15 is 0 Å². The van der Waals surface area contributed by atoms with Crippen LogP contribution in [-0.4, -0.2) is 58.3 Å². The van der Waals surface area contributed by atoms with Crippen molar-refractivity contribution in [3.63, 3.8) is 0 Å². The van der Waals surface area contributed by atoms with Crippen molar-refractivity contribution in [2.75, 3.05) is 26.2 Å². The maximum atomic E-state index is 12.5. The van der Waals surface area contributed by atoms with Crippen molar-refractivity contribution in [3.8, 4) is 0 Å². The minimum absolute atomic E-state index is 0.0347. The van der Waals surface area contributed by atoms with Crippen molar-refractivity contribution in [2.45, 2.75) is 31.8 Å². The number of nitrogens with two attached hydrogens (primary N) is 1. The number of piperidine rings is 1. The summed E-state index contributed by atoms with van der Waals surface area (Å²) in [5, 5.41) is 0. The van der Waals surface area contributed by atoms with Crippen molar-refractivity contribution in [1.29, 1.82) is 0 Å². The van der Waals surface area contributed by atoms with E-state index in [-0.39, 0.29) is 23.8 Å². The van der Waals surface area contributed by atoms with Crippen molar-refractivity contribution in [3.05, 3.63) is 11.1 Å². The van der Waals surface area contributed by atoms with E-state index in [1.165, 1.54) is 11.8 Å². The molecule has 3 fully saturated rings. The number of rotatable bonds is 4. The fourth-order valence-electron chi connectivity index (χ4n) is 3.12. The SMILES string of the molecule is NC(=O)C1CCN(/C=C2/SC(=S)N(CC3CCCO3)C2=O)CC1. The van der Waals surface area contributed by atoms with Gasteiger partial charge in [0.05, 0.1) is 17.6 Å². The summed E-state index contributed by atoms with van der Waals surface area (Å²) in [6, 6.07) is 0. The second-order valence-electron chi connectivity index (χ2n) is 6.12. The monoisotopic (exact) mass is 355 g/mol. The van der Waals surface area contributed by atoms with Gasteiger partial charge in [-0.1, -0.05) is 24.0 Å². The minimum Gasteiger partial charge on any atom is -0.376 e. The van der Waals surface area contributed by atoms with Crippen LogP contribution < -0.4 is 5.73 Å². The number of carbonyl (C=O) groups is 2. The Labute approximate surface area is 145 Å². The number of likely N-dealkylation sites (tertiary alicyclic amines) is 1. The molecule has 6 nitrogen and oxygen atoms in total. The van der Waals surface area contributed by atoms with E-state index in [1.54, 1.807) is 4.90 Å². The van der Waals surface area contributed by atoms with Gasteiger partial charge in [-0.2, -0.15) is 0 Å². The van der Waals surface area contributed by atoms with Crippen molar-refractivity contribution in [2.24, 2.45) is 11.7 Å². The molecule has 0 bridgehead atoms. The lowest BCUT2D eigenvalue weighted by Gasteiger charge is -2.29. The lowest BCUT2D eigenvalue weighted by molar-refractivity contribution is -0.124. The maximum Gasteiger partial charge on any atom is 0.267 e. The summed E-state index contributed by atoms with van der Waals surface area (Å²) < 4.78 is 6.20. The zero-order valence-corrected chi connectivity index (χ0v) is 14.5. The van der Waals surface area contributed by atoms with Gasteiger partial charge in [-0.25, -0.2) is 0 Å². The van der Waals surface area contributed by atoms with Crippen LogP contribution in [0.5, 0.6) is 0 Å². The van der Waals surface area contributed by atoms with Crippen LogP contribution >= 0.6 is 24.0 Å². The number of thiocarbonyl (C=S) groups is 1. The third-order valence-corrected chi connectivity index (χ3v) is 5.88. The average molecular weight is 355 g/mol. The number of ether oxygens (including phenoxy) is 1. The van der Waals surface area contributed by atoms with Gasteiger partial charge in [0.25, 0.3) is 5.91 Å². The van der Waals surface area contributed by atoms with Crippen molar-refractivity contribution in [1.82, 2.24) is 9.80 Å². The van der Waals surface area contributed by atoms with E-state index in [1.807, 2.05) is 6.20 Å². The van der Waals surface area contributed by atoms with E-state index in [0.29, 0.717) is 15.8 Å². The number of primary amides is 1. The summed E-state index contributed by atoms with van der Waals surface area (Å²) in [6.07, 6.45) is 5.49. The van der Waals surface area contributed by atoms with Crippen molar-refractivity contribution >= 4 is 40.1 Å². The van der Waals surface area contributed by atoms with Crippen LogP contribution in [0.15, 0.2) is 11.1 Å². The molecular formula is C15H21N3O3S2. The standard InChI is InChI=1S/C15H21N3O3S2/c16-13(19)10-3-5-17(6-4-10)9-12-14(20)18(15(22)23-12)8-11-2-1-7-21-11/h9-11H,1-8H2,(H2,16,19)/b12-9+. The van der Waals surface area contributed by atoms with Crippen LogP contribution in [0, 0.1) is 5.92 Å². The second-order valence-corrected chi connectivity index (χ2v) is 7.80. The Morgan fingerprint density at radius 1 is 1.39 bits per heavy atom. The molecule has 3 aliphatic rings. The molecule has 1 atom stereocenters. The van der Waals surface area contributed by atoms with Gasteiger partial charge < -0.3 is 15.4 Å². The normalized spacial score (nSPS) is 28.2. The first kappa shape index (κ1) is 16.7. The quantitative estimate of drug-likeness (QED) is 0.600. The Morgan fingerprint density at radius 2 is 2.13 bits per heavy atom. The second kappa shape index (κ2) is 7.19. The Hall–Kier alpha value is -1.12. The average Bonchev–Trinajstić information content (AvgIpc) is 3.12. The highest BCUT2D eigenvalue weighted by Gasteiger charge is 2.35. The maximum absolute atomic E-state index is 12.5. The molecule has 3 heterocycles. The third kappa shape index (κ3) is 3.87. The molecule has 0 aromatic heterocycles. The van der Waals surface area contributed by atoms with Gasteiger partial charge in [-0.05, 0) is 25.7 Å². The Kier molecular flexibility index (Phi) is 5.23. The van der Waals surface area contributed by atoms with E-state index < -0.39 is 0 Å². The predicted molar refractivity (Wildman–Crippen MR) is 92.5 cm³/mol. The highest BCUT2D eigenvalue weighted by molar-refractivity contribution is 8.26. The third-order valence-electron chi connectivity index (χ3n) is 4.52. The van der Waals surface area contributed by atoms with Gasteiger partial charge in [0.15, 0.2) is 0 Å². The molecule has 0 saturated carbocycles. The van der Waals surface area contributed by atoms with Crippen LogP contribution in [0.3, 0.4) is 0 Å². The summed E-state index contributed by atoms with van der Waals surface area (Å²) in [5.74, 6) is -0.311. The first-order valence-electron chi connectivity index (χ1n) is 7.95. The number of nitrogens with zero attached hydrogens (tertiary/aromatic N) is 2. The molecule has 0 radical (unpaired) electrons. The molecule has 23 heavy (non-hydrogen) atoms. The topological polar surface area (TPSA) is 75.9 Å². The highest BCUT2D eigenvalue weighted by atomic mass is 32.2. The number of amides is 2. The molecule has 8 heteroatoms. The predicted octanol–water partition coefficient (Wildman–Crippen LogP) is 1.06. The Bertz CT molecular complexity index is 538. The summed E-state index contributed by atoms with van der Waals surface area (Å²) in [5.41, 5.74) is 5.35. The van der Waals surface area contributed by atoms with Crippen LogP contribution in [-0.2, 0) is 14.3 Å². The molecule has 0 aliphatic carbocycles. The molecule has 0 aromatic rings. The molecule has 3 saturated heterocycles. The fourth-order valence-corrected chi connectivity index (χ4v) is 4.40. The van der Waals surface area contributed by atoms with Crippen LogP contribution in [0.2, 0.25) is 0 Å². The molecule has 0 aromatic carbocycles.